The summed E-state index contributed by atoms with van der Waals surface area (Å²) in [6.07, 6.45) is 4.71. The topological polar surface area (TPSA) is 34.9 Å². The van der Waals surface area contributed by atoms with Crippen molar-refractivity contribution in [3.63, 3.8) is 0 Å². The SMILES string of the molecule is O=c1c2ccccc2nc(/C=C/c2ccccc2)n1CCc1ccccc1. The summed E-state index contributed by atoms with van der Waals surface area (Å²) in [7, 11) is 0. The average molecular weight is 352 g/mol. The molecule has 4 aromatic rings. The molecule has 0 aliphatic carbocycles. The molecule has 0 aliphatic heterocycles. The van der Waals surface area contributed by atoms with Crippen molar-refractivity contribution in [3.8, 4) is 0 Å². The number of aryl methyl sites for hydroxylation is 1. The Balaban J connectivity index is 1.75. The number of rotatable bonds is 5. The van der Waals surface area contributed by atoms with Gasteiger partial charge in [-0.15, -0.1) is 0 Å². The number of aromatic nitrogens is 2. The standard InChI is InChI=1S/C24H20N2O/c27-24-21-13-7-8-14-22(21)25-23(16-15-19-9-3-1-4-10-19)26(24)18-17-20-11-5-2-6-12-20/h1-16H,17-18H2/b16-15+. The number of nitrogens with zero attached hydrogens (tertiary/aromatic N) is 2. The lowest BCUT2D eigenvalue weighted by Gasteiger charge is -2.11. The molecule has 27 heavy (non-hydrogen) atoms. The number of para-hydroxylation sites is 1. The molecule has 3 nitrogen and oxygen atoms in total. The Morgan fingerprint density at radius 2 is 1.44 bits per heavy atom. The maximum atomic E-state index is 13.1. The minimum atomic E-state index is 0.00393. The van der Waals surface area contributed by atoms with E-state index in [0.717, 1.165) is 17.5 Å². The summed E-state index contributed by atoms with van der Waals surface area (Å²) in [5.41, 5.74) is 3.01. The van der Waals surface area contributed by atoms with E-state index in [1.54, 1.807) is 4.57 Å². The molecule has 0 aliphatic rings. The van der Waals surface area contributed by atoms with Crippen LogP contribution in [0.2, 0.25) is 0 Å². The van der Waals surface area contributed by atoms with Gasteiger partial charge in [0, 0.05) is 6.54 Å². The van der Waals surface area contributed by atoms with Crippen molar-refractivity contribution in [2.24, 2.45) is 0 Å². The zero-order chi connectivity index (χ0) is 18.5. The highest BCUT2D eigenvalue weighted by molar-refractivity contribution is 5.79. The van der Waals surface area contributed by atoms with E-state index in [9.17, 15) is 4.79 Å². The Morgan fingerprint density at radius 3 is 2.22 bits per heavy atom. The Morgan fingerprint density at radius 1 is 0.778 bits per heavy atom. The van der Waals surface area contributed by atoms with E-state index in [2.05, 4.69) is 12.1 Å². The van der Waals surface area contributed by atoms with Gasteiger partial charge in [-0.2, -0.15) is 0 Å². The predicted octanol–water partition coefficient (Wildman–Crippen LogP) is 4.81. The van der Waals surface area contributed by atoms with Gasteiger partial charge in [0.05, 0.1) is 10.9 Å². The molecule has 0 spiro atoms. The van der Waals surface area contributed by atoms with Gasteiger partial charge in [-0.05, 0) is 35.8 Å². The van der Waals surface area contributed by atoms with E-state index in [4.69, 9.17) is 4.98 Å². The first kappa shape index (κ1) is 17.0. The summed E-state index contributed by atoms with van der Waals surface area (Å²) in [5, 5.41) is 0.655. The van der Waals surface area contributed by atoms with E-state index in [-0.39, 0.29) is 5.56 Å². The molecule has 3 aromatic carbocycles. The van der Waals surface area contributed by atoms with Crippen LogP contribution < -0.4 is 5.56 Å². The molecule has 0 saturated carbocycles. The van der Waals surface area contributed by atoms with Gasteiger partial charge in [-0.3, -0.25) is 9.36 Å². The third kappa shape index (κ3) is 3.87. The summed E-state index contributed by atoms with van der Waals surface area (Å²) in [6, 6.07) is 27.8. The van der Waals surface area contributed by atoms with Crippen molar-refractivity contribution in [1.82, 2.24) is 9.55 Å². The number of benzene rings is 3. The minimum absolute atomic E-state index is 0.00393. The summed E-state index contributed by atoms with van der Waals surface area (Å²) in [5.74, 6) is 0.679. The molecule has 4 rings (SSSR count). The normalized spacial score (nSPS) is 11.3. The van der Waals surface area contributed by atoms with Crippen LogP contribution in [0.3, 0.4) is 0 Å². The minimum Gasteiger partial charge on any atom is -0.292 e. The van der Waals surface area contributed by atoms with Crippen molar-refractivity contribution in [1.29, 1.82) is 0 Å². The van der Waals surface area contributed by atoms with Crippen LogP contribution in [0.25, 0.3) is 23.1 Å². The van der Waals surface area contributed by atoms with Gasteiger partial charge in [0.2, 0.25) is 0 Å². The maximum absolute atomic E-state index is 13.1. The highest BCUT2D eigenvalue weighted by Gasteiger charge is 2.09. The van der Waals surface area contributed by atoms with Crippen LogP contribution in [-0.2, 0) is 13.0 Å². The lowest BCUT2D eigenvalue weighted by molar-refractivity contribution is 0.655. The van der Waals surface area contributed by atoms with Crippen LogP contribution in [0.4, 0.5) is 0 Å². The van der Waals surface area contributed by atoms with E-state index < -0.39 is 0 Å². The second-order valence-electron chi connectivity index (χ2n) is 6.42. The van der Waals surface area contributed by atoms with Gasteiger partial charge < -0.3 is 0 Å². The first-order valence-corrected chi connectivity index (χ1v) is 9.08. The number of hydrogen-bond acceptors (Lipinski definition) is 2. The molecule has 0 radical (unpaired) electrons. The van der Waals surface area contributed by atoms with E-state index in [0.29, 0.717) is 17.8 Å². The zero-order valence-electron chi connectivity index (χ0n) is 15.0. The Kier molecular flexibility index (Phi) is 4.93. The molecule has 0 N–H and O–H groups in total. The number of hydrogen-bond donors (Lipinski definition) is 0. The summed E-state index contributed by atoms with van der Waals surface area (Å²) in [4.78, 5) is 17.8. The van der Waals surface area contributed by atoms with Crippen molar-refractivity contribution in [2.45, 2.75) is 13.0 Å². The van der Waals surface area contributed by atoms with Crippen molar-refractivity contribution < 1.29 is 0 Å². The van der Waals surface area contributed by atoms with E-state index in [1.165, 1.54) is 5.56 Å². The fourth-order valence-corrected chi connectivity index (χ4v) is 3.15. The quantitative estimate of drug-likeness (QED) is 0.517. The summed E-state index contributed by atoms with van der Waals surface area (Å²) >= 11 is 0. The van der Waals surface area contributed by atoms with Crippen molar-refractivity contribution >= 4 is 23.1 Å². The van der Waals surface area contributed by atoms with Crippen LogP contribution in [0, 0.1) is 0 Å². The molecule has 3 heteroatoms. The molecular weight excluding hydrogens is 332 g/mol. The van der Waals surface area contributed by atoms with Gasteiger partial charge in [0.25, 0.3) is 5.56 Å². The predicted molar refractivity (Wildman–Crippen MR) is 112 cm³/mol. The van der Waals surface area contributed by atoms with E-state index in [1.807, 2.05) is 84.9 Å². The van der Waals surface area contributed by atoms with E-state index >= 15 is 0 Å². The van der Waals surface area contributed by atoms with Crippen LogP contribution in [-0.4, -0.2) is 9.55 Å². The molecule has 0 bridgehead atoms. The first-order chi connectivity index (χ1) is 13.3. The fraction of sp³-hybridized carbons (Fsp3) is 0.0833. The van der Waals surface area contributed by atoms with Gasteiger partial charge in [0.15, 0.2) is 0 Å². The zero-order valence-corrected chi connectivity index (χ0v) is 15.0. The molecule has 0 atom stereocenters. The Hall–Kier alpha value is -3.46. The molecule has 1 heterocycles. The second-order valence-corrected chi connectivity index (χ2v) is 6.42. The largest absolute Gasteiger partial charge is 0.292 e. The molecule has 0 unspecified atom stereocenters. The maximum Gasteiger partial charge on any atom is 0.261 e. The molecule has 0 fully saturated rings. The van der Waals surface area contributed by atoms with Gasteiger partial charge in [-0.1, -0.05) is 78.9 Å². The first-order valence-electron chi connectivity index (χ1n) is 9.08. The molecule has 0 saturated heterocycles. The Labute approximate surface area is 158 Å². The lowest BCUT2D eigenvalue weighted by atomic mass is 10.1. The van der Waals surface area contributed by atoms with Gasteiger partial charge >= 0.3 is 0 Å². The molecular formula is C24H20N2O. The lowest BCUT2D eigenvalue weighted by Crippen LogP contribution is -2.24. The smallest absolute Gasteiger partial charge is 0.261 e. The third-order valence-corrected chi connectivity index (χ3v) is 4.58. The summed E-state index contributed by atoms with van der Waals surface area (Å²) in [6.45, 7) is 0.592. The average Bonchev–Trinajstić information content (AvgIpc) is 2.73. The highest BCUT2D eigenvalue weighted by Crippen LogP contribution is 2.12. The molecule has 0 amide bonds. The highest BCUT2D eigenvalue weighted by atomic mass is 16.1. The third-order valence-electron chi connectivity index (χ3n) is 4.58. The van der Waals surface area contributed by atoms with Crippen LogP contribution >= 0.6 is 0 Å². The van der Waals surface area contributed by atoms with Crippen molar-refractivity contribution in [2.75, 3.05) is 0 Å². The van der Waals surface area contributed by atoms with Gasteiger partial charge in [-0.25, -0.2) is 4.98 Å². The van der Waals surface area contributed by atoms with Gasteiger partial charge in [0.1, 0.15) is 5.82 Å². The molecule has 1 aromatic heterocycles. The second kappa shape index (κ2) is 7.83. The summed E-state index contributed by atoms with van der Waals surface area (Å²) < 4.78 is 1.77. The van der Waals surface area contributed by atoms with Crippen LogP contribution in [0.1, 0.15) is 17.0 Å². The molecule has 132 valence electrons. The van der Waals surface area contributed by atoms with Crippen molar-refractivity contribution in [3.05, 3.63) is 112 Å². The Bertz CT molecular complexity index is 1130. The van der Waals surface area contributed by atoms with Crippen LogP contribution in [0.15, 0.2) is 89.7 Å². The van der Waals surface area contributed by atoms with Crippen LogP contribution in [0.5, 0.6) is 0 Å². The fourth-order valence-electron chi connectivity index (χ4n) is 3.15. The number of fused-ring (bicyclic) bond motifs is 1. The monoisotopic (exact) mass is 352 g/mol.